The molecule has 1 heterocycles. The number of halogens is 2. The summed E-state index contributed by atoms with van der Waals surface area (Å²) in [7, 11) is -2.60. The van der Waals surface area contributed by atoms with Gasteiger partial charge in [0.15, 0.2) is 11.5 Å². The molecule has 3 aromatic rings. The molecular formula is C20H16F2N2O5S. The SMILES string of the molecule is COc1ccc(NC(=O)CN2c3cccc4cccc(c34)S2(=O)=O)cc1OC(F)F. The first kappa shape index (κ1) is 19.9. The summed E-state index contributed by atoms with van der Waals surface area (Å²) >= 11 is 0. The zero-order chi connectivity index (χ0) is 21.5. The van der Waals surface area contributed by atoms with Gasteiger partial charge in [0.1, 0.15) is 6.54 Å². The van der Waals surface area contributed by atoms with Crippen LogP contribution in [-0.4, -0.2) is 34.6 Å². The van der Waals surface area contributed by atoms with Crippen LogP contribution < -0.4 is 19.1 Å². The smallest absolute Gasteiger partial charge is 0.387 e. The van der Waals surface area contributed by atoms with Crippen molar-refractivity contribution >= 4 is 38.1 Å². The summed E-state index contributed by atoms with van der Waals surface area (Å²) in [5, 5.41) is 3.82. The number of nitrogens with one attached hydrogen (secondary N) is 1. The molecule has 0 radical (unpaired) electrons. The number of amides is 1. The highest BCUT2D eigenvalue weighted by Crippen LogP contribution is 2.41. The van der Waals surface area contributed by atoms with Crippen molar-refractivity contribution in [3.8, 4) is 11.5 Å². The van der Waals surface area contributed by atoms with Crippen molar-refractivity contribution in [2.75, 3.05) is 23.3 Å². The van der Waals surface area contributed by atoms with Gasteiger partial charge in [-0.2, -0.15) is 8.78 Å². The molecule has 30 heavy (non-hydrogen) atoms. The molecule has 1 N–H and O–H groups in total. The molecule has 1 aliphatic rings. The van der Waals surface area contributed by atoms with Crippen LogP contribution in [0.15, 0.2) is 59.5 Å². The summed E-state index contributed by atoms with van der Waals surface area (Å²) in [5.74, 6) is -0.828. The van der Waals surface area contributed by atoms with Gasteiger partial charge in [-0.25, -0.2) is 8.42 Å². The summed E-state index contributed by atoms with van der Waals surface area (Å²) in [5.41, 5.74) is 0.568. The van der Waals surface area contributed by atoms with Crippen LogP contribution in [0, 0.1) is 0 Å². The molecule has 0 spiro atoms. The summed E-state index contributed by atoms with van der Waals surface area (Å²) in [6.07, 6.45) is 0. The topological polar surface area (TPSA) is 84.9 Å². The van der Waals surface area contributed by atoms with E-state index in [-0.39, 0.29) is 22.1 Å². The highest BCUT2D eigenvalue weighted by molar-refractivity contribution is 7.93. The first-order valence-corrected chi connectivity index (χ1v) is 10.2. The van der Waals surface area contributed by atoms with Gasteiger partial charge in [0.25, 0.3) is 10.0 Å². The van der Waals surface area contributed by atoms with Gasteiger partial charge < -0.3 is 14.8 Å². The fraction of sp³-hybridized carbons (Fsp3) is 0.150. The van der Waals surface area contributed by atoms with Gasteiger partial charge in [0.2, 0.25) is 5.91 Å². The van der Waals surface area contributed by atoms with Crippen molar-refractivity contribution in [2.24, 2.45) is 0 Å². The predicted molar refractivity (Wildman–Crippen MR) is 107 cm³/mol. The zero-order valence-corrected chi connectivity index (χ0v) is 16.4. The van der Waals surface area contributed by atoms with Crippen molar-refractivity contribution in [2.45, 2.75) is 11.5 Å². The Labute approximate surface area is 170 Å². The number of anilines is 2. The van der Waals surface area contributed by atoms with Crippen molar-refractivity contribution in [1.29, 1.82) is 0 Å². The molecule has 0 fully saturated rings. The van der Waals surface area contributed by atoms with E-state index in [0.717, 1.165) is 9.69 Å². The van der Waals surface area contributed by atoms with E-state index in [2.05, 4.69) is 10.1 Å². The van der Waals surface area contributed by atoms with Gasteiger partial charge in [-0.15, -0.1) is 0 Å². The molecule has 0 bridgehead atoms. The van der Waals surface area contributed by atoms with Gasteiger partial charge in [-0.1, -0.05) is 24.3 Å². The van der Waals surface area contributed by atoms with E-state index in [1.54, 1.807) is 30.3 Å². The number of rotatable bonds is 6. The molecule has 0 saturated heterocycles. The quantitative estimate of drug-likeness (QED) is 0.641. The van der Waals surface area contributed by atoms with E-state index in [1.807, 2.05) is 0 Å². The summed E-state index contributed by atoms with van der Waals surface area (Å²) in [4.78, 5) is 12.7. The normalized spacial score (nSPS) is 14.2. The number of benzene rings is 3. The molecule has 156 valence electrons. The lowest BCUT2D eigenvalue weighted by molar-refractivity contribution is -0.114. The van der Waals surface area contributed by atoms with Crippen LogP contribution in [0.1, 0.15) is 0 Å². The number of sulfonamides is 1. The summed E-state index contributed by atoms with van der Waals surface area (Å²) in [6, 6.07) is 14.0. The lowest BCUT2D eigenvalue weighted by atomic mass is 10.1. The number of hydrogen-bond donors (Lipinski definition) is 1. The maximum atomic E-state index is 12.9. The average Bonchev–Trinajstić information content (AvgIpc) is 2.91. The Bertz CT molecular complexity index is 1240. The van der Waals surface area contributed by atoms with E-state index in [0.29, 0.717) is 11.1 Å². The third kappa shape index (κ3) is 3.39. The number of ether oxygens (including phenoxy) is 2. The third-order valence-electron chi connectivity index (χ3n) is 4.63. The highest BCUT2D eigenvalue weighted by Gasteiger charge is 2.36. The standard InChI is InChI=1S/C20H16F2N2O5S/c1-28-15-9-8-13(10-16(15)29-20(21)22)23-18(25)11-24-14-6-2-4-12-5-3-7-17(19(12)14)30(24,26)27/h2-10,20H,11H2,1H3,(H,23,25). The van der Waals surface area contributed by atoms with E-state index in [1.165, 1.54) is 31.4 Å². The number of carbonyl (C=O) groups excluding carboxylic acids is 1. The molecular weight excluding hydrogens is 418 g/mol. The van der Waals surface area contributed by atoms with Gasteiger partial charge in [-0.3, -0.25) is 9.10 Å². The van der Waals surface area contributed by atoms with Crippen molar-refractivity contribution in [3.63, 3.8) is 0 Å². The predicted octanol–water partition coefficient (Wildman–Crippen LogP) is 3.60. The second-order valence-electron chi connectivity index (χ2n) is 6.44. The minimum atomic E-state index is -3.89. The molecule has 1 aliphatic heterocycles. The molecule has 4 rings (SSSR count). The molecule has 0 aliphatic carbocycles. The molecule has 0 unspecified atom stereocenters. The second-order valence-corrected chi connectivity index (χ2v) is 8.27. The van der Waals surface area contributed by atoms with Crippen LogP contribution in [0.25, 0.3) is 10.8 Å². The Balaban J connectivity index is 1.59. The Morgan fingerprint density at radius 3 is 2.53 bits per heavy atom. The van der Waals surface area contributed by atoms with E-state index in [4.69, 9.17) is 4.74 Å². The fourth-order valence-corrected chi connectivity index (χ4v) is 5.07. The van der Waals surface area contributed by atoms with Gasteiger partial charge in [-0.05, 0) is 29.7 Å². The number of nitrogens with zero attached hydrogens (tertiary/aromatic N) is 1. The molecule has 0 aromatic heterocycles. The minimum Gasteiger partial charge on any atom is -0.493 e. The second kappa shape index (κ2) is 7.45. The van der Waals surface area contributed by atoms with E-state index >= 15 is 0 Å². The first-order valence-electron chi connectivity index (χ1n) is 8.78. The van der Waals surface area contributed by atoms with Crippen LogP contribution in [0.3, 0.4) is 0 Å². The monoisotopic (exact) mass is 434 g/mol. The summed E-state index contributed by atoms with van der Waals surface area (Å²) < 4.78 is 61.4. The largest absolute Gasteiger partial charge is 0.493 e. The zero-order valence-electron chi connectivity index (χ0n) is 15.6. The van der Waals surface area contributed by atoms with E-state index in [9.17, 15) is 22.0 Å². The van der Waals surface area contributed by atoms with Gasteiger partial charge in [0.05, 0.1) is 17.7 Å². The maximum absolute atomic E-state index is 12.9. The van der Waals surface area contributed by atoms with Crippen LogP contribution in [0.4, 0.5) is 20.2 Å². The number of hydrogen-bond acceptors (Lipinski definition) is 5. The van der Waals surface area contributed by atoms with Gasteiger partial charge in [0, 0.05) is 17.1 Å². The lowest BCUT2D eigenvalue weighted by Gasteiger charge is -2.18. The Morgan fingerprint density at radius 1 is 1.10 bits per heavy atom. The molecule has 3 aromatic carbocycles. The first-order chi connectivity index (χ1) is 14.3. The van der Waals surface area contributed by atoms with Crippen molar-refractivity contribution in [1.82, 2.24) is 0 Å². The summed E-state index contributed by atoms with van der Waals surface area (Å²) in [6.45, 7) is -3.55. The Hall–Kier alpha value is -3.40. The number of carbonyl (C=O) groups is 1. The average molecular weight is 434 g/mol. The van der Waals surface area contributed by atoms with Crippen LogP contribution in [0.2, 0.25) is 0 Å². The molecule has 10 heteroatoms. The maximum Gasteiger partial charge on any atom is 0.387 e. The van der Waals surface area contributed by atoms with Gasteiger partial charge >= 0.3 is 6.61 Å². The molecule has 0 saturated carbocycles. The third-order valence-corrected chi connectivity index (χ3v) is 6.43. The number of alkyl halides is 2. The van der Waals surface area contributed by atoms with E-state index < -0.39 is 29.1 Å². The fourth-order valence-electron chi connectivity index (χ4n) is 3.40. The van der Waals surface area contributed by atoms with Crippen LogP contribution in [-0.2, 0) is 14.8 Å². The number of methoxy groups -OCH3 is 1. The van der Waals surface area contributed by atoms with Crippen molar-refractivity contribution < 1.29 is 31.5 Å². The highest BCUT2D eigenvalue weighted by atomic mass is 32.2. The Morgan fingerprint density at radius 2 is 1.83 bits per heavy atom. The lowest BCUT2D eigenvalue weighted by Crippen LogP contribution is -2.35. The van der Waals surface area contributed by atoms with Crippen LogP contribution >= 0.6 is 0 Å². The molecule has 0 atom stereocenters. The molecule has 1 amide bonds. The molecule has 7 nitrogen and oxygen atoms in total. The minimum absolute atomic E-state index is 0.0672. The van der Waals surface area contributed by atoms with Crippen molar-refractivity contribution in [3.05, 3.63) is 54.6 Å². The Kier molecular flexibility index (Phi) is 4.94. The van der Waals surface area contributed by atoms with Crippen LogP contribution in [0.5, 0.6) is 11.5 Å².